The molecule has 24 heavy (non-hydrogen) atoms. The summed E-state index contributed by atoms with van der Waals surface area (Å²) in [6.07, 6.45) is 3.45. The highest BCUT2D eigenvalue weighted by Crippen LogP contribution is 2.31. The number of ketones is 2. The fourth-order valence-corrected chi connectivity index (χ4v) is 3.06. The average molecular weight is 336 g/mol. The maximum Gasteiger partial charge on any atom is 0.243 e. The van der Waals surface area contributed by atoms with Crippen molar-refractivity contribution in [3.8, 4) is 11.4 Å². The Hall–Kier alpha value is -2.85. The average Bonchev–Trinajstić information content (AvgIpc) is 2.90. The monoisotopic (exact) mass is 335 g/mol. The Balaban J connectivity index is 1.76. The molecule has 0 bridgehead atoms. The Kier molecular flexibility index (Phi) is 3.47. The van der Waals surface area contributed by atoms with Crippen molar-refractivity contribution in [1.82, 2.24) is 4.98 Å². The van der Waals surface area contributed by atoms with Crippen LogP contribution in [0.15, 0.2) is 60.9 Å². The molecule has 0 radical (unpaired) electrons. The molecule has 4 rings (SSSR count). The Morgan fingerprint density at radius 2 is 1.79 bits per heavy atom. The van der Waals surface area contributed by atoms with Crippen molar-refractivity contribution in [2.45, 2.75) is 6.54 Å². The van der Waals surface area contributed by atoms with Crippen LogP contribution < -0.4 is 4.57 Å². The van der Waals surface area contributed by atoms with E-state index in [1.54, 1.807) is 65.5 Å². The van der Waals surface area contributed by atoms with E-state index in [-0.39, 0.29) is 18.1 Å². The molecule has 0 amide bonds. The van der Waals surface area contributed by atoms with Crippen LogP contribution >= 0.6 is 11.6 Å². The van der Waals surface area contributed by atoms with Gasteiger partial charge in [0.15, 0.2) is 6.20 Å². The molecule has 1 aliphatic carbocycles. The summed E-state index contributed by atoms with van der Waals surface area (Å²) in [5, 5.41) is 0.587. The molecule has 0 spiro atoms. The lowest BCUT2D eigenvalue weighted by molar-refractivity contribution is -0.672. The zero-order chi connectivity index (χ0) is 16.7. The number of hydrogen-bond acceptors (Lipinski definition) is 3. The van der Waals surface area contributed by atoms with Crippen molar-refractivity contribution in [2.24, 2.45) is 0 Å². The van der Waals surface area contributed by atoms with Crippen LogP contribution in [-0.2, 0) is 6.54 Å². The molecule has 116 valence electrons. The minimum absolute atomic E-state index is 0.0538. The van der Waals surface area contributed by atoms with Gasteiger partial charge in [-0.25, -0.2) is 4.98 Å². The molecule has 1 aromatic carbocycles. The smallest absolute Gasteiger partial charge is 0.243 e. The van der Waals surface area contributed by atoms with Gasteiger partial charge in [-0.1, -0.05) is 11.6 Å². The van der Waals surface area contributed by atoms with Crippen molar-refractivity contribution in [3.05, 3.63) is 82.6 Å². The molecule has 1 aliphatic rings. The van der Waals surface area contributed by atoms with Gasteiger partial charge in [-0.3, -0.25) is 9.59 Å². The third-order valence-corrected chi connectivity index (χ3v) is 4.32. The predicted octanol–water partition coefficient (Wildman–Crippen LogP) is 3.12. The van der Waals surface area contributed by atoms with Gasteiger partial charge in [-0.05, 0) is 42.5 Å². The first-order valence-electron chi connectivity index (χ1n) is 7.46. The van der Waals surface area contributed by atoms with E-state index in [4.69, 9.17) is 11.6 Å². The van der Waals surface area contributed by atoms with E-state index in [9.17, 15) is 9.59 Å². The number of carbonyl (C=O) groups excluding carboxylic acids is 2. The number of Topliss-reactive ketones (excluding diaryl/α,β-unsaturated/α-hetero) is 1. The number of rotatable bonds is 3. The summed E-state index contributed by atoms with van der Waals surface area (Å²) >= 11 is 5.86. The quantitative estimate of drug-likeness (QED) is 0.427. The van der Waals surface area contributed by atoms with Gasteiger partial charge in [0.1, 0.15) is 5.69 Å². The molecular formula is C19H12ClN2O2+. The second kappa shape index (κ2) is 5.65. The highest BCUT2D eigenvalue weighted by molar-refractivity contribution is 6.30. The topological polar surface area (TPSA) is 50.9 Å². The number of aromatic nitrogens is 2. The van der Waals surface area contributed by atoms with Gasteiger partial charge in [0, 0.05) is 22.8 Å². The van der Waals surface area contributed by atoms with Gasteiger partial charge in [0.2, 0.25) is 23.8 Å². The number of nitrogens with zero attached hydrogens (tertiary/aromatic N) is 2. The van der Waals surface area contributed by atoms with E-state index >= 15 is 0 Å². The van der Waals surface area contributed by atoms with Crippen molar-refractivity contribution >= 4 is 23.2 Å². The molecule has 4 nitrogen and oxygen atoms in total. The normalized spacial score (nSPS) is 12.0. The van der Waals surface area contributed by atoms with E-state index in [1.807, 2.05) is 0 Å². The minimum Gasteiger partial charge on any atom is -0.288 e. The summed E-state index contributed by atoms with van der Waals surface area (Å²) in [7, 11) is 0. The van der Waals surface area contributed by atoms with Crippen LogP contribution in [0.3, 0.4) is 0 Å². The molecule has 0 N–H and O–H groups in total. The molecule has 5 heteroatoms. The fourth-order valence-electron chi connectivity index (χ4n) is 2.93. The van der Waals surface area contributed by atoms with Crippen LogP contribution in [0.4, 0.5) is 0 Å². The molecule has 0 fully saturated rings. The van der Waals surface area contributed by atoms with Crippen LogP contribution in [0.25, 0.3) is 11.4 Å². The number of hydrogen-bond donors (Lipinski definition) is 0. The van der Waals surface area contributed by atoms with Crippen molar-refractivity contribution < 1.29 is 14.2 Å². The van der Waals surface area contributed by atoms with Crippen molar-refractivity contribution in [2.75, 3.05) is 0 Å². The van der Waals surface area contributed by atoms with Gasteiger partial charge in [0.25, 0.3) is 0 Å². The minimum atomic E-state index is -0.0543. The zero-order valence-electron chi connectivity index (χ0n) is 12.6. The van der Waals surface area contributed by atoms with Crippen LogP contribution in [-0.4, -0.2) is 16.6 Å². The summed E-state index contributed by atoms with van der Waals surface area (Å²) in [6, 6.07) is 13.8. The van der Waals surface area contributed by atoms with Gasteiger partial charge in [-0.2, -0.15) is 4.57 Å². The second-order valence-corrected chi connectivity index (χ2v) is 5.99. The Bertz CT molecular complexity index is 981. The highest BCUT2D eigenvalue weighted by atomic mass is 35.5. The van der Waals surface area contributed by atoms with Crippen LogP contribution in [0.1, 0.15) is 26.3 Å². The Morgan fingerprint density at radius 3 is 2.58 bits per heavy atom. The first kappa shape index (κ1) is 14.7. The summed E-state index contributed by atoms with van der Waals surface area (Å²) in [5.74, 6) is -0.108. The number of pyridine rings is 2. The highest BCUT2D eigenvalue weighted by Gasteiger charge is 2.36. The van der Waals surface area contributed by atoms with E-state index in [2.05, 4.69) is 4.98 Å². The molecule has 0 unspecified atom stereocenters. The summed E-state index contributed by atoms with van der Waals surface area (Å²) in [4.78, 5) is 29.4. The Morgan fingerprint density at radius 1 is 1.04 bits per heavy atom. The van der Waals surface area contributed by atoms with Crippen LogP contribution in [0.2, 0.25) is 5.02 Å². The van der Waals surface area contributed by atoms with Gasteiger partial charge >= 0.3 is 0 Å². The molecule has 0 saturated heterocycles. The van der Waals surface area contributed by atoms with Crippen LogP contribution in [0, 0.1) is 0 Å². The molecule has 2 heterocycles. The second-order valence-electron chi connectivity index (χ2n) is 5.56. The van der Waals surface area contributed by atoms with Crippen molar-refractivity contribution in [1.29, 1.82) is 0 Å². The van der Waals surface area contributed by atoms with Gasteiger partial charge in [-0.15, -0.1) is 0 Å². The van der Waals surface area contributed by atoms with E-state index in [0.29, 0.717) is 33.1 Å². The molecule has 0 saturated carbocycles. The molecule has 2 aromatic heterocycles. The lowest BCUT2D eigenvalue weighted by atomic mass is 10.1. The fraction of sp³-hybridized carbons (Fsp3) is 0.0526. The third kappa shape index (κ3) is 2.32. The van der Waals surface area contributed by atoms with E-state index in [0.717, 1.165) is 0 Å². The number of halogens is 1. The third-order valence-electron chi connectivity index (χ3n) is 4.07. The van der Waals surface area contributed by atoms with Gasteiger partial charge in [0.05, 0.1) is 11.1 Å². The summed E-state index contributed by atoms with van der Waals surface area (Å²) in [6.45, 7) is 0.133. The number of carbonyl (C=O) groups is 2. The van der Waals surface area contributed by atoms with Gasteiger partial charge < -0.3 is 0 Å². The first-order chi connectivity index (χ1) is 11.6. The maximum absolute atomic E-state index is 12.5. The number of benzene rings is 1. The SMILES string of the molecule is O=C(C[n+]1cccc2c1-c1ncccc1C2=O)c1ccc(Cl)cc1. The Labute approximate surface area is 143 Å². The summed E-state index contributed by atoms with van der Waals surface area (Å²) < 4.78 is 1.78. The summed E-state index contributed by atoms with van der Waals surface area (Å²) in [5.41, 5.74) is 3.05. The standard InChI is InChI=1S/C19H12ClN2O2/c20-13-7-5-12(6-8-13)16(23)11-22-10-2-4-15-18(22)17-14(19(15)24)3-1-9-21-17/h1-10H,11H2/q+1. The molecule has 0 atom stereocenters. The molecule has 3 aromatic rings. The lowest BCUT2D eigenvalue weighted by Gasteiger charge is -2.03. The molecular weight excluding hydrogens is 324 g/mol. The van der Waals surface area contributed by atoms with E-state index in [1.165, 1.54) is 0 Å². The van der Waals surface area contributed by atoms with Crippen LogP contribution in [0.5, 0.6) is 0 Å². The molecule has 0 aliphatic heterocycles. The van der Waals surface area contributed by atoms with E-state index < -0.39 is 0 Å². The first-order valence-corrected chi connectivity index (χ1v) is 7.84. The maximum atomic E-state index is 12.5. The van der Waals surface area contributed by atoms with Crippen molar-refractivity contribution in [3.63, 3.8) is 0 Å². The zero-order valence-corrected chi connectivity index (χ0v) is 13.3. The largest absolute Gasteiger partial charge is 0.288 e. The lowest BCUT2D eigenvalue weighted by Crippen LogP contribution is -2.40. The predicted molar refractivity (Wildman–Crippen MR) is 89.1 cm³/mol. The number of fused-ring (bicyclic) bond motifs is 3.